The Labute approximate surface area is 303 Å². The predicted octanol–water partition coefficient (Wildman–Crippen LogP) is 6.19. The first-order chi connectivity index (χ1) is 24.1. The molecule has 2 amide bonds. The number of ether oxygens (including phenoxy) is 1. The van der Waals surface area contributed by atoms with Gasteiger partial charge in [0.05, 0.1) is 36.4 Å². The number of aryl methyl sites for hydroxylation is 1. The van der Waals surface area contributed by atoms with Crippen molar-refractivity contribution in [3.05, 3.63) is 118 Å². The average Bonchev–Trinajstić information content (AvgIpc) is 3.61. The maximum Gasteiger partial charge on any atom is 0.264 e. The fraction of sp³-hybridized carbons (Fsp3) is 0.308. The standard InChI is InChI=1S/C39H41FN6O4.ClH/c1-25-34(39(49)46(30-10-12-32(47)13-11-30)37-22-41-43(4)26(37)2)21-36(42(25)3)35-20-29(40)9-14-33(35)38(48)45-23-28-8-6-5-7-27(28)19-31(45)24-44-15-17-50-18-16-44;/h5-14,20-22,31,47H,15-19,23-24H2,1-4H3;1H/t31-;/m0./s1. The van der Waals surface area contributed by atoms with Crippen LogP contribution in [-0.4, -0.2) is 80.0 Å². The number of anilines is 2. The molecule has 0 saturated carbocycles. The fourth-order valence-corrected chi connectivity index (χ4v) is 7.11. The van der Waals surface area contributed by atoms with Gasteiger partial charge in [-0.1, -0.05) is 24.3 Å². The molecule has 4 heterocycles. The van der Waals surface area contributed by atoms with E-state index in [1.807, 2.05) is 42.5 Å². The lowest BCUT2D eigenvalue weighted by atomic mass is 9.92. The molecule has 12 heteroatoms. The van der Waals surface area contributed by atoms with Crippen LogP contribution in [0.3, 0.4) is 0 Å². The van der Waals surface area contributed by atoms with Crippen LogP contribution in [0.5, 0.6) is 5.75 Å². The highest BCUT2D eigenvalue weighted by Gasteiger charge is 2.34. The van der Waals surface area contributed by atoms with Crippen molar-refractivity contribution >= 4 is 35.6 Å². The van der Waals surface area contributed by atoms with Crippen LogP contribution in [0.4, 0.5) is 15.8 Å². The van der Waals surface area contributed by atoms with Crippen LogP contribution < -0.4 is 4.90 Å². The van der Waals surface area contributed by atoms with Gasteiger partial charge in [0.2, 0.25) is 0 Å². The van der Waals surface area contributed by atoms with Gasteiger partial charge in [0.1, 0.15) is 11.6 Å². The zero-order valence-electron chi connectivity index (χ0n) is 29.2. The van der Waals surface area contributed by atoms with Crippen molar-refractivity contribution in [2.75, 3.05) is 37.7 Å². The number of halogens is 2. The molecule has 0 spiro atoms. The fourth-order valence-electron chi connectivity index (χ4n) is 7.11. The Morgan fingerprint density at radius 1 is 0.941 bits per heavy atom. The Balaban J connectivity index is 0.00000448. The molecule has 2 aliphatic rings. The summed E-state index contributed by atoms with van der Waals surface area (Å²) < 4.78 is 24.2. The predicted molar refractivity (Wildman–Crippen MR) is 196 cm³/mol. The lowest BCUT2D eigenvalue weighted by molar-refractivity contribution is 0.0193. The van der Waals surface area contributed by atoms with E-state index in [2.05, 4.69) is 22.1 Å². The Morgan fingerprint density at radius 3 is 2.33 bits per heavy atom. The normalized spacial score (nSPS) is 16.0. The molecule has 0 radical (unpaired) electrons. The lowest BCUT2D eigenvalue weighted by Gasteiger charge is -2.40. The quantitative estimate of drug-likeness (QED) is 0.217. The number of aromatic nitrogens is 3. The molecule has 2 aliphatic heterocycles. The van der Waals surface area contributed by atoms with Gasteiger partial charge in [-0.3, -0.25) is 24.1 Å². The number of carbonyl (C=O) groups is 2. The number of hydrogen-bond donors (Lipinski definition) is 1. The van der Waals surface area contributed by atoms with Crippen LogP contribution in [0, 0.1) is 19.7 Å². The van der Waals surface area contributed by atoms with E-state index >= 15 is 4.39 Å². The molecule has 1 N–H and O–H groups in total. The molecule has 0 unspecified atom stereocenters. The molecule has 3 aromatic carbocycles. The third-order valence-electron chi connectivity index (χ3n) is 10.2. The van der Waals surface area contributed by atoms with Gasteiger partial charge in [-0.05, 0) is 79.9 Å². The highest BCUT2D eigenvalue weighted by atomic mass is 35.5. The van der Waals surface area contributed by atoms with Gasteiger partial charge < -0.3 is 19.3 Å². The summed E-state index contributed by atoms with van der Waals surface area (Å²) in [7, 11) is 3.62. The number of hydrogen-bond acceptors (Lipinski definition) is 6. The number of phenolic OH excluding ortho intramolecular Hbond substituents is 1. The second kappa shape index (κ2) is 14.7. The van der Waals surface area contributed by atoms with Crippen LogP contribution in [0.2, 0.25) is 0 Å². The number of phenols is 1. The van der Waals surface area contributed by atoms with E-state index in [0.717, 1.165) is 30.8 Å². The highest BCUT2D eigenvalue weighted by molar-refractivity contribution is 6.13. The number of fused-ring (bicyclic) bond motifs is 1. The Bertz CT molecular complexity index is 2070. The van der Waals surface area contributed by atoms with E-state index in [4.69, 9.17) is 4.74 Å². The summed E-state index contributed by atoms with van der Waals surface area (Å²) in [6.07, 6.45) is 2.35. The third kappa shape index (κ3) is 6.89. The van der Waals surface area contributed by atoms with Gasteiger partial charge in [0.25, 0.3) is 11.8 Å². The minimum absolute atomic E-state index is 0. The molecule has 1 atom stereocenters. The van der Waals surface area contributed by atoms with Gasteiger partial charge >= 0.3 is 0 Å². The molecule has 266 valence electrons. The first kappa shape index (κ1) is 35.8. The van der Waals surface area contributed by atoms with Crippen molar-refractivity contribution in [2.24, 2.45) is 14.1 Å². The van der Waals surface area contributed by atoms with Gasteiger partial charge in [0, 0.05) is 74.5 Å². The molecular formula is C39H42ClFN6O4. The Hall–Kier alpha value is -4.97. The maximum absolute atomic E-state index is 15.1. The number of amides is 2. The van der Waals surface area contributed by atoms with E-state index in [9.17, 15) is 14.7 Å². The molecule has 7 rings (SSSR count). The molecule has 2 aromatic heterocycles. The van der Waals surface area contributed by atoms with Crippen molar-refractivity contribution in [3.8, 4) is 17.0 Å². The van der Waals surface area contributed by atoms with E-state index in [1.54, 1.807) is 47.1 Å². The third-order valence-corrected chi connectivity index (χ3v) is 10.2. The minimum Gasteiger partial charge on any atom is -0.508 e. The summed E-state index contributed by atoms with van der Waals surface area (Å²) in [4.78, 5) is 35.1. The van der Waals surface area contributed by atoms with Gasteiger partial charge in [-0.25, -0.2) is 4.39 Å². The summed E-state index contributed by atoms with van der Waals surface area (Å²) in [5.41, 5.74) is 6.61. The molecule has 0 bridgehead atoms. The number of carbonyl (C=O) groups excluding carboxylic acids is 2. The number of rotatable bonds is 7. The second-order valence-electron chi connectivity index (χ2n) is 13.1. The number of nitrogens with zero attached hydrogens (tertiary/aromatic N) is 6. The molecular weight excluding hydrogens is 671 g/mol. The smallest absolute Gasteiger partial charge is 0.264 e. The number of aromatic hydroxyl groups is 1. The number of benzene rings is 3. The Morgan fingerprint density at radius 2 is 1.65 bits per heavy atom. The average molecular weight is 713 g/mol. The van der Waals surface area contributed by atoms with E-state index in [-0.39, 0.29) is 36.0 Å². The zero-order valence-corrected chi connectivity index (χ0v) is 30.0. The number of morpholine rings is 1. The van der Waals surface area contributed by atoms with Crippen LogP contribution >= 0.6 is 12.4 Å². The van der Waals surface area contributed by atoms with Gasteiger partial charge in [-0.2, -0.15) is 5.10 Å². The summed E-state index contributed by atoms with van der Waals surface area (Å²) >= 11 is 0. The minimum atomic E-state index is -0.478. The molecule has 10 nitrogen and oxygen atoms in total. The summed E-state index contributed by atoms with van der Waals surface area (Å²) in [5.74, 6) is -0.909. The first-order valence-electron chi connectivity index (χ1n) is 16.9. The maximum atomic E-state index is 15.1. The molecule has 51 heavy (non-hydrogen) atoms. The van der Waals surface area contributed by atoms with Crippen molar-refractivity contribution in [3.63, 3.8) is 0 Å². The SMILES string of the molecule is Cc1c(N(C(=O)c2cc(-c3cc(F)ccc3C(=O)N3Cc4ccccc4C[C@H]3CN3CCOCC3)n(C)c2C)c2ccc(O)cc2)cnn1C.Cl. The largest absolute Gasteiger partial charge is 0.508 e. The summed E-state index contributed by atoms with van der Waals surface area (Å²) in [6, 6.07) is 20.5. The monoisotopic (exact) mass is 712 g/mol. The van der Waals surface area contributed by atoms with Crippen LogP contribution in [0.1, 0.15) is 43.2 Å². The van der Waals surface area contributed by atoms with Gasteiger partial charge in [-0.15, -0.1) is 12.4 Å². The van der Waals surface area contributed by atoms with E-state index in [1.165, 1.54) is 29.8 Å². The van der Waals surface area contributed by atoms with Crippen LogP contribution in [-0.2, 0) is 31.8 Å². The lowest BCUT2D eigenvalue weighted by Crippen LogP contribution is -2.52. The topological polar surface area (TPSA) is 96.1 Å². The van der Waals surface area contributed by atoms with Crippen molar-refractivity contribution < 1.29 is 23.8 Å². The van der Waals surface area contributed by atoms with Crippen molar-refractivity contribution in [1.29, 1.82) is 0 Å². The van der Waals surface area contributed by atoms with Crippen LogP contribution in [0.15, 0.2) is 79.0 Å². The zero-order chi connectivity index (χ0) is 35.1. The molecule has 0 aliphatic carbocycles. The van der Waals surface area contributed by atoms with Crippen LogP contribution in [0.25, 0.3) is 11.3 Å². The van der Waals surface area contributed by atoms with Crippen molar-refractivity contribution in [2.45, 2.75) is 32.9 Å². The second-order valence-corrected chi connectivity index (χ2v) is 13.1. The summed E-state index contributed by atoms with van der Waals surface area (Å²) in [5, 5.41) is 14.3. The molecule has 1 fully saturated rings. The van der Waals surface area contributed by atoms with E-state index in [0.29, 0.717) is 65.8 Å². The highest BCUT2D eigenvalue weighted by Crippen LogP contribution is 2.36. The molecule has 1 saturated heterocycles. The van der Waals surface area contributed by atoms with Crippen molar-refractivity contribution in [1.82, 2.24) is 24.1 Å². The van der Waals surface area contributed by atoms with Gasteiger partial charge in [0.15, 0.2) is 0 Å². The summed E-state index contributed by atoms with van der Waals surface area (Å²) in [6.45, 7) is 7.81. The Kier molecular flexibility index (Phi) is 10.3. The first-order valence-corrected chi connectivity index (χ1v) is 16.9. The van der Waals surface area contributed by atoms with E-state index < -0.39 is 5.82 Å². The molecule has 5 aromatic rings.